The van der Waals surface area contributed by atoms with Gasteiger partial charge in [0.05, 0.1) is 4.91 Å². The normalized spacial score (nSPS) is 14.9. The lowest BCUT2D eigenvalue weighted by Crippen LogP contribution is -1.94. The third-order valence-electron chi connectivity index (χ3n) is 1.23. The van der Waals surface area contributed by atoms with Gasteiger partial charge in [0.25, 0.3) is 0 Å². The topological polar surface area (TPSA) is 37.3 Å². The Morgan fingerprint density at radius 2 is 2.30 bits per heavy atom. The van der Waals surface area contributed by atoms with Crippen LogP contribution in [0.4, 0.5) is 0 Å². The first-order valence-electron chi connectivity index (χ1n) is 3.08. The molecular weight excluding hydrogens is 148 g/mol. The zero-order valence-electron chi connectivity index (χ0n) is 6.26. The van der Waals surface area contributed by atoms with E-state index in [1.807, 2.05) is 6.92 Å². The number of hydrogen-bond acceptors (Lipinski definition) is 1. The van der Waals surface area contributed by atoms with Crippen molar-refractivity contribution < 1.29 is 8.76 Å². The van der Waals surface area contributed by atoms with Crippen LogP contribution in [0.1, 0.15) is 20.3 Å². The van der Waals surface area contributed by atoms with Crippen LogP contribution < -0.4 is 0 Å². The van der Waals surface area contributed by atoms with Gasteiger partial charge in [0.15, 0.2) is 11.1 Å². The van der Waals surface area contributed by atoms with Crippen LogP contribution in [0.25, 0.3) is 0 Å². The molecule has 0 fully saturated rings. The molecule has 0 aliphatic carbocycles. The summed E-state index contributed by atoms with van der Waals surface area (Å²) in [6, 6.07) is 0. The molecule has 1 atom stereocenters. The van der Waals surface area contributed by atoms with Crippen molar-refractivity contribution in [2.45, 2.75) is 20.3 Å². The fraction of sp³-hybridized carbons (Fsp3) is 0.429. The molecule has 1 unspecified atom stereocenters. The predicted octanol–water partition coefficient (Wildman–Crippen LogP) is 2.08. The second-order valence-corrected chi connectivity index (χ2v) is 2.80. The van der Waals surface area contributed by atoms with Crippen molar-refractivity contribution in [3.63, 3.8) is 0 Å². The molecule has 0 aromatic heterocycles. The van der Waals surface area contributed by atoms with Gasteiger partial charge < -0.3 is 4.55 Å². The Morgan fingerprint density at radius 1 is 1.80 bits per heavy atom. The highest BCUT2D eigenvalue weighted by Crippen LogP contribution is 2.13. The van der Waals surface area contributed by atoms with Gasteiger partial charge in [-0.05, 0) is 18.9 Å². The zero-order valence-corrected chi connectivity index (χ0v) is 7.07. The Bertz CT molecular complexity index is 182. The van der Waals surface area contributed by atoms with E-state index in [-0.39, 0.29) is 0 Å². The largest absolute Gasteiger partial charge is 0.302 e. The Hall–Kier alpha value is -0.410. The van der Waals surface area contributed by atoms with Crippen LogP contribution in [-0.4, -0.2) is 8.76 Å². The molecule has 0 saturated heterocycles. The minimum absolute atomic E-state index is 0.433. The van der Waals surface area contributed by atoms with Crippen LogP contribution >= 0.6 is 0 Å². The van der Waals surface area contributed by atoms with Gasteiger partial charge in [-0.15, -0.1) is 0 Å². The molecule has 0 bridgehead atoms. The van der Waals surface area contributed by atoms with E-state index in [4.69, 9.17) is 4.55 Å². The fourth-order valence-corrected chi connectivity index (χ4v) is 1.20. The standard InChI is InChI=1S/C7H12O2S/c1-4-6(3)7(5-2)10(8)9/h5H,3-4H2,1-2H3,(H,8,9)/b7-5+. The number of allylic oxidation sites excluding steroid dienone is 2. The van der Waals surface area contributed by atoms with E-state index in [0.717, 1.165) is 5.57 Å². The van der Waals surface area contributed by atoms with Crippen molar-refractivity contribution in [2.24, 2.45) is 0 Å². The molecule has 0 spiro atoms. The molecule has 0 aliphatic heterocycles. The molecule has 0 radical (unpaired) electrons. The van der Waals surface area contributed by atoms with E-state index in [1.54, 1.807) is 13.0 Å². The van der Waals surface area contributed by atoms with Crippen molar-refractivity contribution in [1.29, 1.82) is 0 Å². The lowest BCUT2D eigenvalue weighted by molar-refractivity contribution is 0.571. The highest BCUT2D eigenvalue weighted by molar-refractivity contribution is 7.83. The maximum Gasteiger partial charge on any atom is 0.186 e. The van der Waals surface area contributed by atoms with Gasteiger partial charge in [0.1, 0.15) is 0 Å². The summed E-state index contributed by atoms with van der Waals surface area (Å²) in [5.41, 5.74) is 0.725. The third-order valence-corrected chi connectivity index (χ3v) is 2.13. The van der Waals surface area contributed by atoms with E-state index < -0.39 is 11.1 Å². The molecule has 3 heteroatoms. The number of rotatable bonds is 3. The van der Waals surface area contributed by atoms with E-state index in [9.17, 15) is 4.21 Å². The Balaban J connectivity index is 4.39. The smallest absolute Gasteiger partial charge is 0.186 e. The van der Waals surface area contributed by atoms with Gasteiger partial charge in [-0.3, -0.25) is 0 Å². The van der Waals surface area contributed by atoms with Crippen molar-refractivity contribution in [3.05, 3.63) is 23.1 Å². The minimum Gasteiger partial charge on any atom is -0.302 e. The molecular formula is C7H12O2S. The highest BCUT2D eigenvalue weighted by Gasteiger charge is 2.04. The molecule has 0 amide bonds. The summed E-state index contributed by atoms with van der Waals surface area (Å²) in [7, 11) is 0. The Kier molecular flexibility index (Phi) is 4.23. The predicted molar refractivity (Wildman–Crippen MR) is 44.0 cm³/mol. The van der Waals surface area contributed by atoms with E-state index in [2.05, 4.69) is 6.58 Å². The highest BCUT2D eigenvalue weighted by atomic mass is 32.2. The first-order chi connectivity index (χ1) is 4.63. The van der Waals surface area contributed by atoms with Gasteiger partial charge in [-0.1, -0.05) is 19.6 Å². The lowest BCUT2D eigenvalue weighted by Gasteiger charge is -2.01. The molecule has 0 rings (SSSR count). The van der Waals surface area contributed by atoms with Crippen molar-refractivity contribution in [2.75, 3.05) is 0 Å². The quantitative estimate of drug-likeness (QED) is 0.507. The SMILES string of the molecule is C=C(CC)/C(=C\C)S(=O)O. The molecule has 0 aromatic carbocycles. The second-order valence-electron chi connectivity index (χ2n) is 1.86. The molecule has 10 heavy (non-hydrogen) atoms. The van der Waals surface area contributed by atoms with Crippen LogP contribution in [0, 0.1) is 0 Å². The first-order valence-corrected chi connectivity index (χ1v) is 4.19. The van der Waals surface area contributed by atoms with Gasteiger partial charge in [0, 0.05) is 0 Å². The zero-order chi connectivity index (χ0) is 8.15. The summed E-state index contributed by atoms with van der Waals surface area (Å²) in [4.78, 5) is 0.433. The van der Waals surface area contributed by atoms with Gasteiger partial charge in [-0.25, -0.2) is 4.21 Å². The van der Waals surface area contributed by atoms with Gasteiger partial charge in [0.2, 0.25) is 0 Å². The maximum absolute atomic E-state index is 10.5. The molecule has 0 heterocycles. The molecule has 1 N–H and O–H groups in total. The van der Waals surface area contributed by atoms with Crippen molar-refractivity contribution >= 4 is 11.1 Å². The van der Waals surface area contributed by atoms with Crippen molar-refractivity contribution in [1.82, 2.24) is 0 Å². The minimum atomic E-state index is -1.87. The van der Waals surface area contributed by atoms with Crippen LogP contribution in [0.3, 0.4) is 0 Å². The summed E-state index contributed by atoms with van der Waals surface area (Å²) >= 11 is -1.87. The molecule has 0 aromatic rings. The fourth-order valence-electron chi connectivity index (χ4n) is 0.603. The molecule has 0 saturated carbocycles. The second kappa shape index (κ2) is 4.41. The molecule has 58 valence electrons. The Labute approximate surface area is 63.9 Å². The van der Waals surface area contributed by atoms with Gasteiger partial charge in [-0.2, -0.15) is 0 Å². The summed E-state index contributed by atoms with van der Waals surface area (Å²) in [5, 5.41) is 0. The maximum atomic E-state index is 10.5. The third kappa shape index (κ3) is 2.45. The van der Waals surface area contributed by atoms with Crippen molar-refractivity contribution in [3.8, 4) is 0 Å². The summed E-state index contributed by atoms with van der Waals surface area (Å²) in [6.45, 7) is 7.27. The monoisotopic (exact) mass is 160 g/mol. The van der Waals surface area contributed by atoms with Crippen LogP contribution in [-0.2, 0) is 11.1 Å². The average molecular weight is 160 g/mol. The molecule has 0 aliphatic rings. The summed E-state index contributed by atoms with van der Waals surface area (Å²) in [5.74, 6) is 0. The lowest BCUT2D eigenvalue weighted by atomic mass is 10.2. The van der Waals surface area contributed by atoms with Crippen LogP contribution in [0.15, 0.2) is 23.1 Å². The Morgan fingerprint density at radius 3 is 2.40 bits per heavy atom. The summed E-state index contributed by atoms with van der Waals surface area (Å²) < 4.78 is 19.2. The summed E-state index contributed by atoms with van der Waals surface area (Å²) in [6.07, 6.45) is 2.33. The average Bonchev–Trinajstić information content (AvgIpc) is 1.88. The van der Waals surface area contributed by atoms with Gasteiger partial charge >= 0.3 is 0 Å². The van der Waals surface area contributed by atoms with Crippen LogP contribution in [0.5, 0.6) is 0 Å². The van der Waals surface area contributed by atoms with E-state index in [0.29, 0.717) is 11.3 Å². The van der Waals surface area contributed by atoms with E-state index in [1.165, 1.54) is 0 Å². The molecule has 2 nitrogen and oxygen atoms in total. The number of hydrogen-bond donors (Lipinski definition) is 1. The van der Waals surface area contributed by atoms with Crippen LogP contribution in [0.2, 0.25) is 0 Å². The van der Waals surface area contributed by atoms with E-state index >= 15 is 0 Å². The first kappa shape index (κ1) is 9.59.